The highest BCUT2D eigenvalue weighted by Crippen LogP contribution is 2.25. The molecule has 0 unspecified atom stereocenters. The summed E-state index contributed by atoms with van der Waals surface area (Å²) in [4.78, 5) is 33.8. The van der Waals surface area contributed by atoms with Crippen molar-refractivity contribution >= 4 is 22.5 Å². The van der Waals surface area contributed by atoms with Crippen molar-refractivity contribution in [2.75, 3.05) is 5.32 Å². The van der Waals surface area contributed by atoms with Gasteiger partial charge in [-0.2, -0.15) is 14.9 Å². The summed E-state index contributed by atoms with van der Waals surface area (Å²) in [7, 11) is 0. The van der Waals surface area contributed by atoms with E-state index in [0.29, 0.717) is 17.2 Å². The first kappa shape index (κ1) is 19.4. The Hall–Kier alpha value is -3.88. The summed E-state index contributed by atoms with van der Waals surface area (Å²) in [6, 6.07) is 10.6. The molecule has 4 aromatic rings. The number of benzene rings is 1. The van der Waals surface area contributed by atoms with E-state index in [0.717, 1.165) is 15.8 Å². The molecular weight excluding hydrogens is 382 g/mol. The molecule has 1 amide bonds. The molecule has 0 saturated carbocycles. The van der Waals surface area contributed by atoms with Crippen LogP contribution in [0.3, 0.4) is 0 Å². The third-order valence-electron chi connectivity index (χ3n) is 4.54. The zero-order valence-corrected chi connectivity index (χ0v) is 16.9. The minimum absolute atomic E-state index is 0.227. The number of aromatic nitrogens is 6. The van der Waals surface area contributed by atoms with Crippen LogP contribution < -0.4 is 10.9 Å². The molecule has 1 aromatic carbocycles. The minimum Gasteiger partial charge on any atom is -0.309 e. The Labute approximate surface area is 172 Å². The summed E-state index contributed by atoms with van der Waals surface area (Å²) >= 11 is 0. The van der Waals surface area contributed by atoms with E-state index >= 15 is 0 Å². The summed E-state index contributed by atoms with van der Waals surface area (Å²) in [5, 5.41) is 12.7. The Morgan fingerprint density at radius 1 is 1.10 bits per heavy atom. The van der Waals surface area contributed by atoms with Gasteiger partial charge in [0.15, 0.2) is 0 Å². The van der Waals surface area contributed by atoms with Crippen LogP contribution in [0.15, 0.2) is 59.8 Å². The lowest BCUT2D eigenvalue weighted by atomic mass is 9.92. The van der Waals surface area contributed by atoms with Crippen LogP contribution in [-0.2, 0) is 16.8 Å². The number of rotatable bonds is 4. The number of nitrogens with one attached hydrogen (secondary N) is 1. The van der Waals surface area contributed by atoms with Crippen LogP contribution in [0.4, 0.5) is 5.82 Å². The van der Waals surface area contributed by atoms with Crippen LogP contribution in [0.25, 0.3) is 16.7 Å². The van der Waals surface area contributed by atoms with Crippen molar-refractivity contribution in [2.24, 2.45) is 0 Å². The average molecular weight is 403 g/mol. The Morgan fingerprint density at radius 3 is 2.57 bits per heavy atom. The van der Waals surface area contributed by atoms with Crippen molar-refractivity contribution in [3.05, 3.63) is 71.0 Å². The molecule has 30 heavy (non-hydrogen) atoms. The lowest BCUT2D eigenvalue weighted by Gasteiger charge is -2.13. The lowest BCUT2D eigenvalue weighted by Crippen LogP contribution is -2.30. The predicted octanol–water partition coefficient (Wildman–Crippen LogP) is 2.31. The molecule has 3 heterocycles. The molecule has 4 rings (SSSR count). The fourth-order valence-corrected chi connectivity index (χ4v) is 2.95. The zero-order valence-electron chi connectivity index (χ0n) is 16.9. The molecule has 3 aromatic heterocycles. The molecule has 0 aliphatic heterocycles. The summed E-state index contributed by atoms with van der Waals surface area (Å²) in [6.07, 6.45) is 4.78. The van der Waals surface area contributed by atoms with E-state index in [1.54, 1.807) is 48.9 Å². The first-order chi connectivity index (χ1) is 14.3. The second-order valence-electron chi connectivity index (χ2n) is 7.87. The second-order valence-corrected chi connectivity index (χ2v) is 7.87. The van der Waals surface area contributed by atoms with E-state index < -0.39 is 5.91 Å². The van der Waals surface area contributed by atoms with Gasteiger partial charge >= 0.3 is 0 Å². The number of carbonyl (C=O) groups is 1. The monoisotopic (exact) mass is 403 g/mol. The molecule has 0 aliphatic rings. The summed E-state index contributed by atoms with van der Waals surface area (Å²) < 4.78 is 2.62. The number of hydrogen-bond acceptors (Lipinski definition) is 6. The first-order valence-corrected chi connectivity index (χ1v) is 9.45. The molecule has 9 nitrogen and oxygen atoms in total. The Morgan fingerprint density at radius 2 is 1.83 bits per heavy atom. The van der Waals surface area contributed by atoms with Gasteiger partial charge in [0.05, 0.1) is 17.3 Å². The fourth-order valence-electron chi connectivity index (χ4n) is 2.95. The van der Waals surface area contributed by atoms with Crippen molar-refractivity contribution < 1.29 is 4.79 Å². The molecule has 1 N–H and O–H groups in total. The van der Waals surface area contributed by atoms with Crippen molar-refractivity contribution in [3.8, 4) is 5.95 Å². The van der Waals surface area contributed by atoms with Gasteiger partial charge in [-0.25, -0.2) is 14.6 Å². The fraction of sp³-hybridized carbons (Fsp3) is 0.238. The molecule has 0 fully saturated rings. The van der Waals surface area contributed by atoms with Crippen molar-refractivity contribution in [1.82, 2.24) is 29.5 Å². The number of fused-ring (bicyclic) bond motifs is 1. The Balaban J connectivity index is 1.64. The van der Waals surface area contributed by atoms with Gasteiger partial charge < -0.3 is 5.32 Å². The summed E-state index contributed by atoms with van der Waals surface area (Å²) in [5.41, 5.74) is 0.209. The van der Waals surface area contributed by atoms with Crippen molar-refractivity contribution in [3.63, 3.8) is 0 Å². The van der Waals surface area contributed by atoms with Gasteiger partial charge in [0, 0.05) is 29.3 Å². The summed E-state index contributed by atoms with van der Waals surface area (Å²) in [5.74, 6) is 0.353. The molecule has 0 spiro atoms. The maximum atomic E-state index is 12.7. The smallest absolute Gasteiger partial charge is 0.275 e. The second kappa shape index (κ2) is 7.51. The normalized spacial score (nSPS) is 11.6. The van der Waals surface area contributed by atoms with Crippen LogP contribution in [-0.4, -0.2) is 35.4 Å². The van der Waals surface area contributed by atoms with E-state index in [2.05, 4.69) is 25.5 Å². The van der Waals surface area contributed by atoms with E-state index in [1.165, 1.54) is 4.68 Å². The van der Waals surface area contributed by atoms with Crippen molar-refractivity contribution in [1.29, 1.82) is 0 Å². The zero-order chi connectivity index (χ0) is 21.3. The standard InChI is InChI=1S/C21H21N7O2/c1-21(2,3)16-11-17(28(26-16)20-22-9-6-10-23-20)25-18(29)13-27-19(30)15-8-5-4-7-14(15)12-24-27/h4-12H,13H2,1-3H3,(H,25,29). The number of hydrogen-bond donors (Lipinski definition) is 1. The highest BCUT2D eigenvalue weighted by molar-refractivity contribution is 5.90. The van der Waals surface area contributed by atoms with E-state index in [-0.39, 0.29) is 17.5 Å². The highest BCUT2D eigenvalue weighted by atomic mass is 16.2. The first-order valence-electron chi connectivity index (χ1n) is 9.45. The number of anilines is 1. The van der Waals surface area contributed by atoms with Gasteiger partial charge in [-0.1, -0.05) is 39.0 Å². The SMILES string of the molecule is CC(C)(C)c1cc(NC(=O)Cn2ncc3ccccc3c2=O)n(-c2ncccn2)n1. The topological polar surface area (TPSA) is 108 Å². The van der Waals surface area contributed by atoms with Crippen LogP contribution in [0, 0.1) is 0 Å². The molecule has 0 radical (unpaired) electrons. The van der Waals surface area contributed by atoms with Crippen LogP contribution in [0.1, 0.15) is 26.5 Å². The summed E-state index contributed by atoms with van der Waals surface area (Å²) in [6.45, 7) is 5.84. The van der Waals surface area contributed by atoms with Crippen LogP contribution in [0.2, 0.25) is 0 Å². The van der Waals surface area contributed by atoms with Crippen molar-refractivity contribution in [2.45, 2.75) is 32.7 Å². The molecule has 0 bridgehead atoms. The number of nitrogens with zero attached hydrogens (tertiary/aromatic N) is 6. The van der Waals surface area contributed by atoms with Crippen LogP contribution >= 0.6 is 0 Å². The minimum atomic E-state index is -0.405. The number of amides is 1. The molecule has 9 heteroatoms. The van der Waals surface area contributed by atoms with E-state index in [1.807, 2.05) is 26.8 Å². The lowest BCUT2D eigenvalue weighted by molar-refractivity contribution is -0.117. The van der Waals surface area contributed by atoms with E-state index in [4.69, 9.17) is 0 Å². The third-order valence-corrected chi connectivity index (χ3v) is 4.54. The van der Waals surface area contributed by atoms with Crippen LogP contribution in [0.5, 0.6) is 0 Å². The van der Waals surface area contributed by atoms with Gasteiger partial charge in [0.2, 0.25) is 5.91 Å². The van der Waals surface area contributed by atoms with Gasteiger partial charge in [-0.05, 0) is 12.1 Å². The van der Waals surface area contributed by atoms with Gasteiger partial charge in [-0.15, -0.1) is 0 Å². The quantitative estimate of drug-likeness (QED) is 0.560. The van der Waals surface area contributed by atoms with E-state index in [9.17, 15) is 9.59 Å². The van der Waals surface area contributed by atoms with Gasteiger partial charge in [0.1, 0.15) is 12.4 Å². The molecule has 0 aliphatic carbocycles. The molecule has 0 atom stereocenters. The molecule has 0 saturated heterocycles. The average Bonchev–Trinajstić information content (AvgIpc) is 3.15. The predicted molar refractivity (Wildman–Crippen MR) is 112 cm³/mol. The number of carbonyl (C=O) groups excluding carboxylic acids is 1. The Bertz CT molecular complexity index is 1270. The maximum Gasteiger partial charge on any atom is 0.275 e. The highest BCUT2D eigenvalue weighted by Gasteiger charge is 2.22. The largest absolute Gasteiger partial charge is 0.309 e. The third kappa shape index (κ3) is 3.82. The van der Waals surface area contributed by atoms with Gasteiger partial charge in [-0.3, -0.25) is 9.59 Å². The molecule has 152 valence electrons. The molecular formula is C21H21N7O2. The van der Waals surface area contributed by atoms with Gasteiger partial charge in [0.25, 0.3) is 11.5 Å². The Kier molecular flexibility index (Phi) is 4.86. The maximum absolute atomic E-state index is 12.7.